The monoisotopic (exact) mass is 243 g/mol. The summed E-state index contributed by atoms with van der Waals surface area (Å²) in [5, 5.41) is 4.48. The molecule has 0 radical (unpaired) electrons. The van der Waals surface area contributed by atoms with Gasteiger partial charge in [-0.3, -0.25) is 0 Å². The summed E-state index contributed by atoms with van der Waals surface area (Å²) < 4.78 is 0. The second kappa shape index (κ2) is 6.16. The summed E-state index contributed by atoms with van der Waals surface area (Å²) in [5.74, 6) is 0. The Bertz CT molecular complexity index is 359. The van der Waals surface area contributed by atoms with Gasteiger partial charge < -0.3 is 5.32 Å². The first-order valence-electron chi connectivity index (χ1n) is 4.97. The maximum atomic E-state index is 6.07. The van der Waals surface area contributed by atoms with Crippen LogP contribution in [0.15, 0.2) is 23.8 Å². The van der Waals surface area contributed by atoms with Gasteiger partial charge in [0.15, 0.2) is 0 Å². The van der Waals surface area contributed by atoms with Crippen LogP contribution in [0.4, 0.5) is 0 Å². The van der Waals surface area contributed by atoms with Crippen molar-refractivity contribution in [1.29, 1.82) is 0 Å². The molecule has 0 aliphatic heterocycles. The lowest BCUT2D eigenvalue weighted by molar-refractivity contribution is 0.778. The van der Waals surface area contributed by atoms with Crippen molar-refractivity contribution >= 4 is 29.3 Å². The molecule has 0 amide bonds. The Morgan fingerprint density at radius 2 is 2.13 bits per heavy atom. The molecule has 82 valence electrons. The number of halogens is 2. The van der Waals surface area contributed by atoms with Crippen molar-refractivity contribution in [3.8, 4) is 0 Å². The Labute approximate surface area is 101 Å². The van der Waals surface area contributed by atoms with Crippen LogP contribution in [0.25, 0.3) is 6.08 Å². The van der Waals surface area contributed by atoms with Crippen molar-refractivity contribution in [3.63, 3.8) is 0 Å². The Morgan fingerprint density at radius 3 is 2.80 bits per heavy atom. The first-order valence-corrected chi connectivity index (χ1v) is 5.72. The van der Waals surface area contributed by atoms with E-state index in [0.717, 1.165) is 18.7 Å². The van der Waals surface area contributed by atoms with Crippen molar-refractivity contribution in [2.45, 2.75) is 13.8 Å². The van der Waals surface area contributed by atoms with Crippen LogP contribution in [-0.2, 0) is 0 Å². The van der Waals surface area contributed by atoms with Crippen molar-refractivity contribution in [2.75, 3.05) is 13.1 Å². The minimum absolute atomic E-state index is 0.599. The van der Waals surface area contributed by atoms with Crippen molar-refractivity contribution < 1.29 is 0 Å². The molecule has 0 saturated carbocycles. The molecule has 0 saturated heterocycles. The van der Waals surface area contributed by atoms with Crippen LogP contribution in [0, 0.1) is 0 Å². The van der Waals surface area contributed by atoms with E-state index in [2.05, 4.69) is 25.2 Å². The molecule has 0 atom stereocenters. The van der Waals surface area contributed by atoms with Crippen molar-refractivity contribution in [2.24, 2.45) is 0 Å². The molecule has 1 nitrogen and oxygen atoms in total. The van der Waals surface area contributed by atoms with E-state index in [4.69, 9.17) is 23.2 Å². The Morgan fingerprint density at radius 1 is 1.40 bits per heavy atom. The highest BCUT2D eigenvalue weighted by molar-refractivity contribution is 6.42. The van der Waals surface area contributed by atoms with Crippen LogP contribution >= 0.6 is 23.2 Å². The molecule has 0 fully saturated rings. The van der Waals surface area contributed by atoms with Crippen molar-refractivity contribution in [3.05, 3.63) is 39.4 Å². The largest absolute Gasteiger partial charge is 0.313 e. The lowest BCUT2D eigenvalue weighted by Crippen LogP contribution is -2.14. The fraction of sp³-hybridized carbons (Fsp3) is 0.333. The van der Waals surface area contributed by atoms with Gasteiger partial charge in [-0.05, 0) is 25.1 Å². The zero-order valence-electron chi connectivity index (χ0n) is 8.98. The summed E-state index contributed by atoms with van der Waals surface area (Å²) in [5.41, 5.74) is 2.21. The summed E-state index contributed by atoms with van der Waals surface area (Å²) in [6, 6.07) is 5.66. The number of nitrogens with one attached hydrogen (secondary N) is 1. The van der Waals surface area contributed by atoms with Crippen LogP contribution in [0.5, 0.6) is 0 Å². The molecule has 0 bridgehead atoms. The van der Waals surface area contributed by atoms with Gasteiger partial charge in [-0.1, -0.05) is 53.9 Å². The predicted octanol–water partition coefficient (Wildman–Crippen LogP) is 4.01. The van der Waals surface area contributed by atoms with Crippen LogP contribution in [0.2, 0.25) is 10.0 Å². The number of hydrogen-bond donors (Lipinski definition) is 1. The molecule has 0 spiro atoms. The summed E-state index contributed by atoms with van der Waals surface area (Å²) in [6.07, 6.45) is 2.05. The molecule has 0 aliphatic rings. The van der Waals surface area contributed by atoms with Crippen LogP contribution in [-0.4, -0.2) is 13.1 Å². The topological polar surface area (TPSA) is 12.0 Å². The summed E-state index contributed by atoms with van der Waals surface area (Å²) in [4.78, 5) is 0. The third kappa shape index (κ3) is 3.86. The smallest absolute Gasteiger partial charge is 0.0664 e. The Hall–Kier alpha value is -0.500. The van der Waals surface area contributed by atoms with E-state index in [1.54, 1.807) is 6.07 Å². The molecule has 0 heterocycles. The molecule has 0 aliphatic carbocycles. The Kier molecular flexibility index (Phi) is 5.16. The first-order chi connectivity index (χ1) is 7.15. The predicted molar refractivity (Wildman–Crippen MR) is 68.7 cm³/mol. The Balaban J connectivity index is 2.83. The number of hydrogen-bond acceptors (Lipinski definition) is 1. The lowest BCUT2D eigenvalue weighted by atomic mass is 10.1. The molecule has 1 aromatic carbocycles. The minimum atomic E-state index is 0.599. The van der Waals surface area contributed by atoms with Crippen LogP contribution in [0.3, 0.4) is 0 Å². The second-order valence-electron chi connectivity index (χ2n) is 3.41. The average Bonchev–Trinajstić information content (AvgIpc) is 2.22. The van der Waals surface area contributed by atoms with Crippen molar-refractivity contribution in [1.82, 2.24) is 5.32 Å². The van der Waals surface area contributed by atoms with E-state index < -0.39 is 0 Å². The fourth-order valence-corrected chi connectivity index (χ4v) is 1.63. The van der Waals surface area contributed by atoms with E-state index in [1.807, 2.05) is 12.1 Å². The van der Waals surface area contributed by atoms with Crippen LogP contribution in [0.1, 0.15) is 19.4 Å². The maximum absolute atomic E-state index is 6.07. The van der Waals surface area contributed by atoms with Gasteiger partial charge in [-0.15, -0.1) is 0 Å². The zero-order valence-corrected chi connectivity index (χ0v) is 10.5. The van der Waals surface area contributed by atoms with E-state index >= 15 is 0 Å². The van der Waals surface area contributed by atoms with Gasteiger partial charge in [0.2, 0.25) is 0 Å². The van der Waals surface area contributed by atoms with E-state index in [0.29, 0.717) is 10.0 Å². The van der Waals surface area contributed by atoms with Crippen LogP contribution < -0.4 is 5.32 Å². The molecule has 1 aromatic rings. The van der Waals surface area contributed by atoms with E-state index in [9.17, 15) is 0 Å². The summed E-state index contributed by atoms with van der Waals surface area (Å²) in [7, 11) is 0. The molecular weight excluding hydrogens is 229 g/mol. The molecule has 1 N–H and O–H groups in total. The average molecular weight is 244 g/mol. The molecule has 3 heteroatoms. The first kappa shape index (κ1) is 12.6. The van der Waals surface area contributed by atoms with E-state index in [1.165, 1.54) is 5.57 Å². The van der Waals surface area contributed by atoms with Gasteiger partial charge in [-0.25, -0.2) is 0 Å². The quantitative estimate of drug-likeness (QED) is 0.843. The fourth-order valence-electron chi connectivity index (χ4n) is 1.27. The molecule has 15 heavy (non-hydrogen) atoms. The third-order valence-corrected chi connectivity index (χ3v) is 2.87. The highest BCUT2D eigenvalue weighted by Gasteiger charge is 2.01. The molecule has 0 unspecified atom stereocenters. The number of likely N-dealkylation sites (N-methyl/N-ethyl adjacent to an activating group) is 1. The van der Waals surface area contributed by atoms with Gasteiger partial charge in [0.1, 0.15) is 0 Å². The van der Waals surface area contributed by atoms with Gasteiger partial charge in [-0.2, -0.15) is 0 Å². The van der Waals surface area contributed by atoms with Gasteiger partial charge in [0.25, 0.3) is 0 Å². The second-order valence-corrected chi connectivity index (χ2v) is 4.20. The standard InChI is InChI=1S/C12H15Cl2N/c1-3-15-8-9(2)7-10-5-4-6-11(13)12(10)14/h4-7,15H,3,8H2,1-2H3. The summed E-state index contributed by atoms with van der Waals surface area (Å²) in [6.45, 7) is 5.99. The van der Waals surface area contributed by atoms with Gasteiger partial charge in [0.05, 0.1) is 10.0 Å². The number of benzene rings is 1. The molecule has 1 rings (SSSR count). The minimum Gasteiger partial charge on any atom is -0.313 e. The highest BCUT2D eigenvalue weighted by Crippen LogP contribution is 2.26. The molecular formula is C12H15Cl2N. The van der Waals surface area contributed by atoms with E-state index in [-0.39, 0.29) is 0 Å². The normalized spacial score (nSPS) is 11.9. The number of rotatable bonds is 4. The third-order valence-electron chi connectivity index (χ3n) is 2.04. The molecule has 0 aromatic heterocycles. The lowest BCUT2D eigenvalue weighted by Gasteiger charge is -2.04. The highest BCUT2D eigenvalue weighted by atomic mass is 35.5. The maximum Gasteiger partial charge on any atom is 0.0664 e. The van der Waals surface area contributed by atoms with Gasteiger partial charge >= 0.3 is 0 Å². The zero-order chi connectivity index (χ0) is 11.3. The SMILES string of the molecule is CCNCC(C)=Cc1cccc(Cl)c1Cl. The van der Waals surface area contributed by atoms with Gasteiger partial charge in [0, 0.05) is 6.54 Å². The summed E-state index contributed by atoms with van der Waals surface area (Å²) >= 11 is 12.0.